The molecule has 0 fully saturated rings. The van der Waals surface area contributed by atoms with Gasteiger partial charge < -0.3 is 14.8 Å². The number of hydrogen-bond donors (Lipinski definition) is 1. The van der Waals surface area contributed by atoms with Gasteiger partial charge in [0.25, 0.3) is 0 Å². The first-order valence-electron chi connectivity index (χ1n) is 4.85. The van der Waals surface area contributed by atoms with E-state index in [1.165, 1.54) is 0 Å². The van der Waals surface area contributed by atoms with Crippen LogP contribution in [0.3, 0.4) is 0 Å². The molecule has 0 heterocycles. The molecule has 0 atom stereocenters. The zero-order valence-electron chi connectivity index (χ0n) is 8.75. The van der Waals surface area contributed by atoms with Crippen molar-refractivity contribution in [3.05, 3.63) is 24.3 Å². The highest BCUT2D eigenvalue weighted by molar-refractivity contribution is 5.47. The third-order valence-electron chi connectivity index (χ3n) is 1.82. The normalized spacial score (nSPS) is 9.86. The van der Waals surface area contributed by atoms with Crippen molar-refractivity contribution in [2.75, 3.05) is 32.2 Å². The molecular weight excluding hydrogens is 178 g/mol. The molecular formula is C11H17NO2. The van der Waals surface area contributed by atoms with E-state index in [1.807, 2.05) is 38.2 Å². The molecule has 0 bridgehead atoms. The average molecular weight is 195 g/mol. The molecule has 0 radical (unpaired) electrons. The van der Waals surface area contributed by atoms with Gasteiger partial charge in [0.05, 0.1) is 6.61 Å². The molecule has 1 rings (SSSR count). The Balaban J connectivity index is 2.34. The Labute approximate surface area is 85.0 Å². The van der Waals surface area contributed by atoms with Crippen LogP contribution in [0.5, 0.6) is 5.75 Å². The van der Waals surface area contributed by atoms with E-state index in [4.69, 9.17) is 9.47 Å². The third kappa shape index (κ3) is 3.66. The lowest BCUT2D eigenvalue weighted by molar-refractivity contribution is 0.110. The van der Waals surface area contributed by atoms with Gasteiger partial charge in [0.15, 0.2) is 0 Å². The molecule has 0 aliphatic carbocycles. The molecule has 0 spiro atoms. The summed E-state index contributed by atoms with van der Waals surface area (Å²) in [6, 6.07) is 7.86. The molecule has 14 heavy (non-hydrogen) atoms. The van der Waals surface area contributed by atoms with Gasteiger partial charge in [-0.25, -0.2) is 0 Å². The van der Waals surface area contributed by atoms with Gasteiger partial charge in [0.2, 0.25) is 0 Å². The van der Waals surface area contributed by atoms with Gasteiger partial charge in [-0.2, -0.15) is 0 Å². The number of anilines is 1. The summed E-state index contributed by atoms with van der Waals surface area (Å²) in [7, 11) is 1.89. The maximum atomic E-state index is 5.49. The smallest absolute Gasteiger partial charge is 0.121 e. The minimum atomic E-state index is 0.598. The van der Waals surface area contributed by atoms with Crippen LogP contribution in [0.1, 0.15) is 6.92 Å². The zero-order valence-corrected chi connectivity index (χ0v) is 8.75. The standard InChI is InChI=1S/C11H17NO2/c1-3-13-7-8-14-11-6-4-5-10(9-11)12-2/h4-6,9,12H,3,7-8H2,1-2H3. The van der Waals surface area contributed by atoms with Gasteiger partial charge in [0.1, 0.15) is 12.4 Å². The summed E-state index contributed by atoms with van der Waals surface area (Å²) in [6.45, 7) is 3.95. The maximum Gasteiger partial charge on any atom is 0.121 e. The fraction of sp³-hybridized carbons (Fsp3) is 0.455. The molecule has 1 aromatic carbocycles. The molecule has 0 unspecified atom stereocenters. The van der Waals surface area contributed by atoms with Crippen LogP contribution >= 0.6 is 0 Å². The Morgan fingerprint density at radius 3 is 2.86 bits per heavy atom. The Bertz CT molecular complexity index is 263. The van der Waals surface area contributed by atoms with Crippen LogP contribution in [0, 0.1) is 0 Å². The Hall–Kier alpha value is -1.22. The van der Waals surface area contributed by atoms with E-state index in [2.05, 4.69) is 5.32 Å². The van der Waals surface area contributed by atoms with Gasteiger partial charge >= 0.3 is 0 Å². The third-order valence-corrected chi connectivity index (χ3v) is 1.82. The minimum absolute atomic E-state index is 0.598. The molecule has 0 aliphatic rings. The lowest BCUT2D eigenvalue weighted by atomic mass is 10.3. The van der Waals surface area contributed by atoms with Crippen molar-refractivity contribution >= 4 is 5.69 Å². The van der Waals surface area contributed by atoms with Gasteiger partial charge in [0, 0.05) is 25.4 Å². The molecule has 1 aromatic rings. The predicted molar refractivity (Wildman–Crippen MR) is 58.0 cm³/mol. The van der Waals surface area contributed by atoms with Crippen molar-refractivity contribution in [2.24, 2.45) is 0 Å². The van der Waals surface area contributed by atoms with Crippen LogP contribution in [0.15, 0.2) is 24.3 Å². The van der Waals surface area contributed by atoms with Gasteiger partial charge in [-0.3, -0.25) is 0 Å². The molecule has 3 heteroatoms. The number of benzene rings is 1. The van der Waals surface area contributed by atoms with Crippen molar-refractivity contribution in [3.63, 3.8) is 0 Å². The summed E-state index contributed by atoms with van der Waals surface area (Å²) in [5.74, 6) is 0.872. The second-order valence-electron chi connectivity index (χ2n) is 2.82. The van der Waals surface area contributed by atoms with Crippen LogP contribution < -0.4 is 10.1 Å². The molecule has 0 amide bonds. The van der Waals surface area contributed by atoms with Crippen molar-refractivity contribution in [2.45, 2.75) is 6.92 Å². The second kappa shape index (κ2) is 6.27. The van der Waals surface area contributed by atoms with E-state index < -0.39 is 0 Å². The van der Waals surface area contributed by atoms with E-state index in [1.54, 1.807) is 0 Å². The van der Waals surface area contributed by atoms with E-state index in [0.29, 0.717) is 13.2 Å². The lowest BCUT2D eigenvalue weighted by Gasteiger charge is -2.07. The Morgan fingerprint density at radius 2 is 2.14 bits per heavy atom. The highest BCUT2D eigenvalue weighted by atomic mass is 16.5. The van der Waals surface area contributed by atoms with Crippen LogP contribution in [-0.4, -0.2) is 26.9 Å². The first kappa shape index (κ1) is 10.9. The average Bonchev–Trinajstić information content (AvgIpc) is 2.25. The quantitative estimate of drug-likeness (QED) is 0.705. The number of ether oxygens (including phenoxy) is 2. The van der Waals surface area contributed by atoms with E-state index in [0.717, 1.165) is 18.0 Å². The fourth-order valence-electron chi connectivity index (χ4n) is 1.10. The summed E-state index contributed by atoms with van der Waals surface area (Å²) in [6.07, 6.45) is 0. The second-order valence-corrected chi connectivity index (χ2v) is 2.82. The SMILES string of the molecule is CCOCCOc1cccc(NC)c1. The summed E-state index contributed by atoms with van der Waals surface area (Å²) in [5, 5.41) is 3.06. The molecule has 3 nitrogen and oxygen atoms in total. The summed E-state index contributed by atoms with van der Waals surface area (Å²) in [5.41, 5.74) is 1.05. The summed E-state index contributed by atoms with van der Waals surface area (Å²) >= 11 is 0. The first-order chi connectivity index (χ1) is 6.86. The van der Waals surface area contributed by atoms with E-state index in [-0.39, 0.29) is 0 Å². The monoisotopic (exact) mass is 195 g/mol. The largest absolute Gasteiger partial charge is 0.491 e. The van der Waals surface area contributed by atoms with E-state index in [9.17, 15) is 0 Å². The summed E-state index contributed by atoms with van der Waals surface area (Å²) in [4.78, 5) is 0. The van der Waals surface area contributed by atoms with Crippen molar-refractivity contribution in [1.29, 1.82) is 0 Å². The van der Waals surface area contributed by atoms with Crippen molar-refractivity contribution < 1.29 is 9.47 Å². The van der Waals surface area contributed by atoms with Crippen LogP contribution in [-0.2, 0) is 4.74 Å². The molecule has 0 saturated heterocycles. The first-order valence-corrected chi connectivity index (χ1v) is 4.85. The topological polar surface area (TPSA) is 30.5 Å². The molecule has 0 aliphatic heterocycles. The van der Waals surface area contributed by atoms with Crippen LogP contribution in [0.25, 0.3) is 0 Å². The van der Waals surface area contributed by atoms with E-state index >= 15 is 0 Å². The molecule has 0 aromatic heterocycles. The van der Waals surface area contributed by atoms with Crippen molar-refractivity contribution in [3.8, 4) is 5.75 Å². The van der Waals surface area contributed by atoms with Crippen LogP contribution in [0.4, 0.5) is 5.69 Å². The Morgan fingerprint density at radius 1 is 1.29 bits per heavy atom. The van der Waals surface area contributed by atoms with Gasteiger partial charge in [-0.15, -0.1) is 0 Å². The zero-order chi connectivity index (χ0) is 10.2. The lowest BCUT2D eigenvalue weighted by Crippen LogP contribution is -2.06. The van der Waals surface area contributed by atoms with Gasteiger partial charge in [-0.1, -0.05) is 6.07 Å². The fourth-order valence-corrected chi connectivity index (χ4v) is 1.10. The number of hydrogen-bond acceptors (Lipinski definition) is 3. The number of nitrogens with one attached hydrogen (secondary N) is 1. The van der Waals surface area contributed by atoms with Crippen molar-refractivity contribution in [1.82, 2.24) is 0 Å². The molecule has 1 N–H and O–H groups in total. The predicted octanol–water partition coefficient (Wildman–Crippen LogP) is 2.14. The Kier molecular flexibility index (Phi) is 4.86. The highest BCUT2D eigenvalue weighted by Gasteiger charge is 1.94. The molecule has 78 valence electrons. The minimum Gasteiger partial charge on any atom is -0.491 e. The number of rotatable bonds is 6. The highest BCUT2D eigenvalue weighted by Crippen LogP contribution is 2.16. The van der Waals surface area contributed by atoms with Gasteiger partial charge in [-0.05, 0) is 19.1 Å². The maximum absolute atomic E-state index is 5.49. The molecule has 0 saturated carbocycles. The van der Waals surface area contributed by atoms with Crippen LogP contribution in [0.2, 0.25) is 0 Å². The summed E-state index contributed by atoms with van der Waals surface area (Å²) < 4.78 is 10.7.